The third-order valence-electron chi connectivity index (χ3n) is 2.93. The molecule has 0 bridgehead atoms. The molecule has 1 aliphatic rings. The topological polar surface area (TPSA) is 69.7 Å². The van der Waals surface area contributed by atoms with E-state index >= 15 is 0 Å². The molecule has 1 amide bonds. The normalized spacial score (nSPS) is 20.6. The van der Waals surface area contributed by atoms with E-state index in [2.05, 4.69) is 0 Å². The van der Waals surface area contributed by atoms with E-state index in [4.69, 9.17) is 4.74 Å². The summed E-state index contributed by atoms with van der Waals surface area (Å²) in [5.74, 6) is -0.784. The fourth-order valence-corrected chi connectivity index (χ4v) is 2.11. The van der Waals surface area contributed by atoms with Gasteiger partial charge in [0.1, 0.15) is 5.60 Å². The van der Waals surface area contributed by atoms with E-state index in [9.17, 15) is 14.7 Å². The number of likely N-dealkylation sites (tertiary alicyclic amines) is 1. The highest BCUT2D eigenvalue weighted by molar-refractivity contribution is 5.68. The molecule has 0 N–H and O–H groups in total. The average molecular weight is 256 g/mol. The fourth-order valence-electron chi connectivity index (χ4n) is 2.11. The summed E-state index contributed by atoms with van der Waals surface area (Å²) in [7, 11) is 0. The molecule has 0 aromatic carbocycles. The lowest BCUT2D eigenvalue weighted by Gasteiger charge is -2.34. The highest BCUT2D eigenvalue weighted by Gasteiger charge is 2.27. The Kier molecular flexibility index (Phi) is 4.99. The standard InChI is InChI=1S/C13H23NO4/c1-13(2,3)18-12(17)14-8-4-5-10(9-14)6-7-11(15)16/h10H,4-9H2,1-3H3,(H,15,16)/p-1/t10-/m1/s1. The van der Waals surface area contributed by atoms with Crippen LogP contribution in [0.5, 0.6) is 0 Å². The summed E-state index contributed by atoms with van der Waals surface area (Å²) in [6, 6.07) is 0. The van der Waals surface area contributed by atoms with Gasteiger partial charge in [-0.25, -0.2) is 4.79 Å². The molecule has 18 heavy (non-hydrogen) atoms. The van der Waals surface area contributed by atoms with E-state index in [0.29, 0.717) is 19.5 Å². The van der Waals surface area contributed by atoms with E-state index in [1.54, 1.807) is 4.90 Å². The largest absolute Gasteiger partial charge is 0.550 e. The van der Waals surface area contributed by atoms with Crippen LogP contribution < -0.4 is 5.11 Å². The first-order valence-electron chi connectivity index (χ1n) is 6.45. The van der Waals surface area contributed by atoms with Gasteiger partial charge in [-0.1, -0.05) is 0 Å². The minimum absolute atomic E-state index is 0.0623. The second-order valence-corrected chi connectivity index (χ2v) is 5.85. The minimum atomic E-state index is -1.02. The van der Waals surface area contributed by atoms with Crippen molar-refractivity contribution in [3.63, 3.8) is 0 Å². The molecule has 0 aromatic heterocycles. The minimum Gasteiger partial charge on any atom is -0.550 e. The second-order valence-electron chi connectivity index (χ2n) is 5.85. The third kappa shape index (κ3) is 5.38. The third-order valence-corrected chi connectivity index (χ3v) is 2.93. The number of carboxylic acid groups (broad SMARTS) is 1. The second kappa shape index (κ2) is 6.07. The zero-order chi connectivity index (χ0) is 13.8. The molecule has 0 spiro atoms. The Morgan fingerprint density at radius 3 is 2.61 bits per heavy atom. The number of aliphatic carboxylic acids is 1. The number of carbonyl (C=O) groups is 2. The predicted molar refractivity (Wildman–Crippen MR) is 64.8 cm³/mol. The Hall–Kier alpha value is -1.26. The monoisotopic (exact) mass is 256 g/mol. The van der Waals surface area contributed by atoms with Gasteiger partial charge in [0, 0.05) is 19.1 Å². The van der Waals surface area contributed by atoms with Crippen molar-refractivity contribution in [3.05, 3.63) is 0 Å². The quantitative estimate of drug-likeness (QED) is 0.760. The van der Waals surface area contributed by atoms with Crippen LogP contribution in [-0.2, 0) is 9.53 Å². The Labute approximate surface area is 108 Å². The van der Waals surface area contributed by atoms with Gasteiger partial charge in [-0.05, 0) is 52.4 Å². The maximum absolute atomic E-state index is 11.9. The first-order valence-corrected chi connectivity index (χ1v) is 6.45. The van der Waals surface area contributed by atoms with Gasteiger partial charge >= 0.3 is 6.09 Å². The van der Waals surface area contributed by atoms with E-state index in [1.807, 2.05) is 20.8 Å². The molecule has 0 radical (unpaired) electrons. The van der Waals surface area contributed by atoms with Crippen molar-refractivity contribution in [2.24, 2.45) is 5.92 Å². The highest BCUT2D eigenvalue weighted by Crippen LogP contribution is 2.22. The summed E-state index contributed by atoms with van der Waals surface area (Å²) in [6.45, 7) is 6.78. The molecule has 0 unspecified atom stereocenters. The number of ether oxygens (including phenoxy) is 1. The van der Waals surface area contributed by atoms with Crippen LogP contribution in [0.4, 0.5) is 4.79 Å². The molecule has 5 heteroatoms. The molecule has 1 saturated heterocycles. The van der Waals surface area contributed by atoms with Gasteiger partial charge in [-0.15, -0.1) is 0 Å². The number of carbonyl (C=O) groups excluding carboxylic acids is 2. The lowest BCUT2D eigenvalue weighted by molar-refractivity contribution is -0.306. The van der Waals surface area contributed by atoms with E-state index in [1.165, 1.54) is 0 Å². The van der Waals surface area contributed by atoms with Gasteiger partial charge in [-0.3, -0.25) is 0 Å². The van der Waals surface area contributed by atoms with Crippen LogP contribution in [0.3, 0.4) is 0 Å². The van der Waals surface area contributed by atoms with Crippen molar-refractivity contribution in [2.75, 3.05) is 13.1 Å². The summed E-state index contributed by atoms with van der Waals surface area (Å²) in [6.07, 6.45) is 2.19. The number of piperidine rings is 1. The summed E-state index contributed by atoms with van der Waals surface area (Å²) >= 11 is 0. The van der Waals surface area contributed by atoms with Gasteiger partial charge in [0.05, 0.1) is 0 Å². The van der Waals surface area contributed by atoms with Gasteiger partial charge < -0.3 is 19.5 Å². The van der Waals surface area contributed by atoms with Crippen LogP contribution >= 0.6 is 0 Å². The first kappa shape index (κ1) is 14.8. The van der Waals surface area contributed by atoms with E-state index in [0.717, 1.165) is 12.8 Å². The smallest absolute Gasteiger partial charge is 0.410 e. The molecule has 1 rings (SSSR count). The van der Waals surface area contributed by atoms with Crippen molar-refractivity contribution < 1.29 is 19.4 Å². The fraction of sp³-hybridized carbons (Fsp3) is 0.846. The molecule has 1 atom stereocenters. The molecule has 1 fully saturated rings. The molecule has 0 aliphatic carbocycles. The van der Waals surface area contributed by atoms with Crippen molar-refractivity contribution in [3.8, 4) is 0 Å². The number of amides is 1. The van der Waals surface area contributed by atoms with Gasteiger partial charge in [0.2, 0.25) is 0 Å². The number of carboxylic acids is 1. The van der Waals surface area contributed by atoms with Gasteiger partial charge in [-0.2, -0.15) is 0 Å². The molecular formula is C13H22NO4-. The zero-order valence-electron chi connectivity index (χ0n) is 11.4. The number of nitrogens with zero attached hydrogens (tertiary/aromatic N) is 1. The summed E-state index contributed by atoms with van der Waals surface area (Å²) < 4.78 is 5.31. The van der Waals surface area contributed by atoms with Crippen molar-refractivity contribution in [1.29, 1.82) is 0 Å². The molecule has 0 saturated carbocycles. The number of hydrogen-bond donors (Lipinski definition) is 0. The Bertz CT molecular complexity index is 309. The molecule has 5 nitrogen and oxygen atoms in total. The molecular weight excluding hydrogens is 234 g/mol. The Balaban J connectivity index is 2.43. The predicted octanol–water partition coefficient (Wildman–Crippen LogP) is 1.16. The van der Waals surface area contributed by atoms with Crippen molar-refractivity contribution >= 4 is 12.1 Å². The first-order chi connectivity index (χ1) is 8.28. The molecule has 0 aromatic rings. The summed E-state index contributed by atoms with van der Waals surface area (Å²) in [5, 5.41) is 10.4. The Morgan fingerprint density at radius 1 is 1.39 bits per heavy atom. The molecule has 1 aliphatic heterocycles. The maximum atomic E-state index is 11.9. The van der Waals surface area contributed by atoms with Crippen LogP contribution in [-0.4, -0.2) is 35.7 Å². The lowest BCUT2D eigenvalue weighted by Crippen LogP contribution is -2.43. The summed E-state index contributed by atoms with van der Waals surface area (Å²) in [5.41, 5.74) is -0.491. The number of rotatable bonds is 3. The van der Waals surface area contributed by atoms with Crippen LogP contribution in [0.15, 0.2) is 0 Å². The Morgan fingerprint density at radius 2 is 2.06 bits per heavy atom. The average Bonchev–Trinajstić information content (AvgIpc) is 2.24. The van der Waals surface area contributed by atoms with Crippen LogP contribution in [0, 0.1) is 5.92 Å². The van der Waals surface area contributed by atoms with E-state index < -0.39 is 11.6 Å². The van der Waals surface area contributed by atoms with Crippen LogP contribution in [0.1, 0.15) is 46.5 Å². The summed E-state index contributed by atoms with van der Waals surface area (Å²) in [4.78, 5) is 24.0. The van der Waals surface area contributed by atoms with Gasteiger partial charge in [0.15, 0.2) is 0 Å². The van der Waals surface area contributed by atoms with Crippen molar-refractivity contribution in [1.82, 2.24) is 4.90 Å². The zero-order valence-corrected chi connectivity index (χ0v) is 11.4. The highest BCUT2D eigenvalue weighted by atomic mass is 16.6. The SMILES string of the molecule is CC(C)(C)OC(=O)N1CCC[C@H](CCC(=O)[O-])C1. The maximum Gasteiger partial charge on any atom is 0.410 e. The van der Waals surface area contributed by atoms with Gasteiger partial charge in [0.25, 0.3) is 0 Å². The molecule has 1 heterocycles. The van der Waals surface area contributed by atoms with Crippen LogP contribution in [0.25, 0.3) is 0 Å². The van der Waals surface area contributed by atoms with Crippen LogP contribution in [0.2, 0.25) is 0 Å². The molecule has 104 valence electrons. The van der Waals surface area contributed by atoms with Crippen molar-refractivity contribution in [2.45, 2.75) is 52.1 Å². The van der Waals surface area contributed by atoms with E-state index in [-0.39, 0.29) is 18.4 Å². The number of hydrogen-bond acceptors (Lipinski definition) is 4. The lowest BCUT2D eigenvalue weighted by atomic mass is 9.94.